The van der Waals surface area contributed by atoms with Gasteiger partial charge >= 0.3 is 0 Å². The van der Waals surface area contributed by atoms with Crippen molar-refractivity contribution in [2.75, 3.05) is 18.0 Å². The minimum atomic E-state index is 0.640. The lowest BCUT2D eigenvalue weighted by Crippen LogP contribution is -2.17. The molecule has 0 bridgehead atoms. The van der Waals surface area contributed by atoms with E-state index in [4.69, 9.17) is 12.2 Å². The predicted molar refractivity (Wildman–Crippen MR) is 74.9 cm³/mol. The Balaban J connectivity index is 1.93. The molecule has 0 unspecified atom stereocenters. The second kappa shape index (κ2) is 4.57. The van der Waals surface area contributed by atoms with Crippen LogP contribution in [0.2, 0.25) is 0 Å². The molecule has 0 spiro atoms. The number of aromatic amines is 1. The molecular formula is C13H16N4S. The fourth-order valence-electron chi connectivity index (χ4n) is 2.47. The van der Waals surface area contributed by atoms with Gasteiger partial charge in [-0.3, -0.25) is 9.67 Å². The van der Waals surface area contributed by atoms with Gasteiger partial charge in [0.15, 0.2) is 4.77 Å². The first-order valence-electron chi connectivity index (χ1n) is 6.25. The summed E-state index contributed by atoms with van der Waals surface area (Å²) < 4.78 is 2.59. The zero-order valence-electron chi connectivity index (χ0n) is 10.4. The monoisotopic (exact) mass is 260 g/mol. The third-order valence-electron chi connectivity index (χ3n) is 3.42. The molecule has 18 heavy (non-hydrogen) atoms. The van der Waals surface area contributed by atoms with Gasteiger partial charge < -0.3 is 4.90 Å². The van der Waals surface area contributed by atoms with E-state index in [1.807, 2.05) is 11.5 Å². The third-order valence-corrected chi connectivity index (χ3v) is 3.69. The van der Waals surface area contributed by atoms with Crippen LogP contribution in [0.25, 0.3) is 5.69 Å². The Morgan fingerprint density at radius 2 is 1.72 bits per heavy atom. The van der Waals surface area contributed by atoms with E-state index in [0.29, 0.717) is 4.77 Å². The maximum absolute atomic E-state index is 5.23. The van der Waals surface area contributed by atoms with Gasteiger partial charge in [-0.05, 0) is 56.2 Å². The molecule has 3 rings (SSSR count). The first-order valence-corrected chi connectivity index (χ1v) is 6.66. The number of hydrogen-bond donors (Lipinski definition) is 1. The highest BCUT2D eigenvalue weighted by atomic mass is 32.1. The maximum Gasteiger partial charge on any atom is 0.199 e. The lowest BCUT2D eigenvalue weighted by Gasteiger charge is -2.17. The average Bonchev–Trinajstić information content (AvgIpc) is 3.01. The average molecular weight is 260 g/mol. The second-order valence-corrected chi connectivity index (χ2v) is 5.01. The van der Waals surface area contributed by atoms with Crippen molar-refractivity contribution in [2.24, 2.45) is 0 Å². The van der Waals surface area contributed by atoms with Crippen molar-refractivity contribution in [1.29, 1.82) is 0 Å². The number of anilines is 1. The lowest BCUT2D eigenvalue weighted by molar-refractivity contribution is 0.949. The summed E-state index contributed by atoms with van der Waals surface area (Å²) in [6.45, 7) is 4.29. The molecule has 1 saturated heterocycles. The lowest BCUT2D eigenvalue weighted by atomic mass is 10.2. The highest BCUT2D eigenvalue weighted by molar-refractivity contribution is 7.71. The van der Waals surface area contributed by atoms with Crippen LogP contribution in [-0.4, -0.2) is 27.9 Å². The van der Waals surface area contributed by atoms with Gasteiger partial charge in [-0.25, -0.2) is 0 Å². The normalized spacial score (nSPS) is 15.3. The Morgan fingerprint density at radius 1 is 1.11 bits per heavy atom. The molecule has 2 heterocycles. The molecule has 4 nitrogen and oxygen atoms in total. The Hall–Kier alpha value is -1.62. The summed E-state index contributed by atoms with van der Waals surface area (Å²) >= 11 is 5.23. The highest BCUT2D eigenvalue weighted by Crippen LogP contribution is 2.22. The van der Waals surface area contributed by atoms with E-state index in [2.05, 4.69) is 39.4 Å². The molecule has 0 saturated carbocycles. The fraction of sp³-hybridized carbons (Fsp3) is 0.385. The summed E-state index contributed by atoms with van der Waals surface area (Å²) in [5.41, 5.74) is 2.36. The molecule has 1 aromatic carbocycles. The molecule has 0 radical (unpaired) electrons. The molecule has 1 aliphatic rings. The Labute approximate surface area is 111 Å². The van der Waals surface area contributed by atoms with Crippen LogP contribution in [0.5, 0.6) is 0 Å². The number of aromatic nitrogens is 3. The van der Waals surface area contributed by atoms with Crippen LogP contribution in [0.1, 0.15) is 18.7 Å². The minimum absolute atomic E-state index is 0.640. The third kappa shape index (κ3) is 1.95. The van der Waals surface area contributed by atoms with Crippen LogP contribution in [0.4, 0.5) is 5.69 Å². The smallest absolute Gasteiger partial charge is 0.199 e. The van der Waals surface area contributed by atoms with Crippen molar-refractivity contribution < 1.29 is 0 Å². The van der Waals surface area contributed by atoms with Crippen LogP contribution in [-0.2, 0) is 0 Å². The number of rotatable bonds is 2. The maximum atomic E-state index is 5.23. The molecule has 1 aliphatic heterocycles. The highest BCUT2D eigenvalue weighted by Gasteiger charge is 2.12. The molecular weight excluding hydrogens is 244 g/mol. The SMILES string of the molecule is Cc1n[nH]c(=S)n1-c1ccc(N2CCCC2)cc1. The van der Waals surface area contributed by atoms with Gasteiger partial charge in [0.25, 0.3) is 0 Å². The van der Waals surface area contributed by atoms with Crippen LogP contribution in [0, 0.1) is 11.7 Å². The van der Waals surface area contributed by atoms with E-state index < -0.39 is 0 Å². The summed E-state index contributed by atoms with van der Waals surface area (Å²) in [5, 5.41) is 6.94. The van der Waals surface area contributed by atoms with Crippen molar-refractivity contribution in [3.8, 4) is 5.69 Å². The van der Waals surface area contributed by atoms with E-state index >= 15 is 0 Å². The van der Waals surface area contributed by atoms with E-state index in [-0.39, 0.29) is 0 Å². The molecule has 0 atom stereocenters. The quantitative estimate of drug-likeness (QED) is 0.844. The molecule has 1 fully saturated rings. The van der Waals surface area contributed by atoms with Gasteiger partial charge in [0.1, 0.15) is 5.82 Å². The number of H-pyrrole nitrogens is 1. The van der Waals surface area contributed by atoms with E-state index in [1.165, 1.54) is 31.6 Å². The summed E-state index contributed by atoms with van der Waals surface area (Å²) in [6, 6.07) is 8.53. The van der Waals surface area contributed by atoms with Crippen molar-refractivity contribution in [1.82, 2.24) is 14.8 Å². The number of benzene rings is 1. The summed E-state index contributed by atoms with van der Waals surface area (Å²) in [5.74, 6) is 0.883. The number of hydrogen-bond acceptors (Lipinski definition) is 3. The molecule has 94 valence electrons. The first-order chi connectivity index (χ1) is 8.75. The van der Waals surface area contributed by atoms with E-state index in [1.54, 1.807) is 0 Å². The number of nitrogens with zero attached hydrogens (tertiary/aromatic N) is 3. The topological polar surface area (TPSA) is 36.9 Å². The van der Waals surface area contributed by atoms with Crippen molar-refractivity contribution in [3.63, 3.8) is 0 Å². The van der Waals surface area contributed by atoms with Crippen LogP contribution in [0.15, 0.2) is 24.3 Å². The number of nitrogens with one attached hydrogen (secondary N) is 1. The summed E-state index contributed by atoms with van der Waals surface area (Å²) in [4.78, 5) is 2.42. The molecule has 1 aromatic heterocycles. The fourth-order valence-corrected chi connectivity index (χ4v) is 2.75. The first kappa shape index (κ1) is 11.5. The Bertz CT molecular complexity index is 590. The predicted octanol–water partition coefficient (Wildman–Crippen LogP) is 2.84. The zero-order chi connectivity index (χ0) is 12.5. The molecule has 1 N–H and O–H groups in total. The standard InChI is InChI=1S/C13H16N4S/c1-10-14-15-13(18)17(10)12-6-4-11(5-7-12)16-8-2-3-9-16/h4-7H,2-3,8-9H2,1H3,(H,15,18). The Kier molecular flexibility index (Phi) is 2.91. The van der Waals surface area contributed by atoms with Gasteiger partial charge in [0, 0.05) is 24.5 Å². The minimum Gasteiger partial charge on any atom is -0.372 e. The molecule has 5 heteroatoms. The van der Waals surface area contributed by atoms with Crippen molar-refractivity contribution in [3.05, 3.63) is 34.9 Å². The van der Waals surface area contributed by atoms with Crippen LogP contribution in [0.3, 0.4) is 0 Å². The van der Waals surface area contributed by atoms with Gasteiger partial charge in [0.2, 0.25) is 0 Å². The van der Waals surface area contributed by atoms with Crippen molar-refractivity contribution >= 4 is 17.9 Å². The largest absolute Gasteiger partial charge is 0.372 e. The molecule has 0 amide bonds. The van der Waals surface area contributed by atoms with Crippen LogP contribution >= 0.6 is 12.2 Å². The van der Waals surface area contributed by atoms with E-state index in [0.717, 1.165) is 11.5 Å². The summed E-state index contributed by atoms with van der Waals surface area (Å²) in [6.07, 6.45) is 2.60. The molecule has 0 aliphatic carbocycles. The number of aryl methyl sites for hydroxylation is 1. The van der Waals surface area contributed by atoms with Gasteiger partial charge in [-0.15, -0.1) is 0 Å². The van der Waals surface area contributed by atoms with E-state index in [9.17, 15) is 0 Å². The summed E-state index contributed by atoms with van der Waals surface area (Å²) in [7, 11) is 0. The van der Waals surface area contributed by atoms with Gasteiger partial charge in [-0.1, -0.05) is 0 Å². The second-order valence-electron chi connectivity index (χ2n) is 4.62. The Morgan fingerprint density at radius 3 is 2.28 bits per heavy atom. The van der Waals surface area contributed by atoms with Crippen molar-refractivity contribution in [2.45, 2.75) is 19.8 Å². The van der Waals surface area contributed by atoms with Crippen LogP contribution < -0.4 is 4.90 Å². The zero-order valence-corrected chi connectivity index (χ0v) is 11.2. The molecule has 2 aromatic rings. The van der Waals surface area contributed by atoms with Gasteiger partial charge in [0.05, 0.1) is 0 Å². The van der Waals surface area contributed by atoms with Gasteiger partial charge in [-0.2, -0.15) is 5.10 Å².